The van der Waals surface area contributed by atoms with Crippen LogP contribution in [0.5, 0.6) is 23.0 Å². The van der Waals surface area contributed by atoms with Crippen molar-refractivity contribution in [2.45, 2.75) is 72.6 Å². The van der Waals surface area contributed by atoms with Crippen LogP contribution in [0.3, 0.4) is 0 Å². The normalized spacial score (nSPS) is 12.1. The Bertz CT molecular complexity index is 1500. The summed E-state index contributed by atoms with van der Waals surface area (Å²) in [5.74, 6) is 1.06. The molecule has 0 aromatic heterocycles. The number of halogens is 2. The van der Waals surface area contributed by atoms with E-state index in [1.807, 2.05) is 76.2 Å². The van der Waals surface area contributed by atoms with Crippen LogP contribution in [-0.2, 0) is 17.3 Å². The Labute approximate surface area is 270 Å². The van der Waals surface area contributed by atoms with Gasteiger partial charge in [-0.1, -0.05) is 64.1 Å². The van der Waals surface area contributed by atoms with Gasteiger partial charge >= 0.3 is 0 Å². The van der Waals surface area contributed by atoms with Gasteiger partial charge in [0.1, 0.15) is 23.0 Å². The zero-order chi connectivity index (χ0) is 30.6. The molecule has 0 atom stereocenters. The highest BCUT2D eigenvalue weighted by Gasteiger charge is 2.29. The van der Waals surface area contributed by atoms with E-state index in [1.165, 1.54) is 0 Å². The van der Waals surface area contributed by atoms with Crippen molar-refractivity contribution in [1.82, 2.24) is 0 Å². The number of aryl methyl sites for hydroxylation is 4. The van der Waals surface area contributed by atoms with Gasteiger partial charge < -0.3 is 20.4 Å². The van der Waals surface area contributed by atoms with Crippen LogP contribution in [0.4, 0.5) is 0 Å². The summed E-state index contributed by atoms with van der Waals surface area (Å²) in [4.78, 5) is 0. The standard InChI is InChI=1S/C35H38I2O4/c1-18-9-24(34(5,6)26-11-20(3)32(40)28(36)16-26)14-22(30(18)38)13-23-15-25(10-19(2)31(23)39)35(7,8)27-12-21(4)33(41)29(37)17-27/h9-12,14-17,38-41H,13H2,1-8H3. The highest BCUT2D eigenvalue weighted by molar-refractivity contribution is 14.1. The quantitative estimate of drug-likeness (QED) is 0.147. The summed E-state index contributed by atoms with van der Waals surface area (Å²) < 4.78 is 1.61. The second-order valence-corrected chi connectivity index (χ2v) is 14.6. The molecule has 216 valence electrons. The van der Waals surface area contributed by atoms with E-state index in [9.17, 15) is 20.4 Å². The van der Waals surface area contributed by atoms with Crippen LogP contribution < -0.4 is 0 Å². The lowest BCUT2D eigenvalue weighted by molar-refractivity contribution is 0.457. The van der Waals surface area contributed by atoms with Gasteiger partial charge in [-0.25, -0.2) is 0 Å². The molecule has 0 saturated heterocycles. The first kappa shape index (κ1) is 31.5. The minimum atomic E-state index is -0.388. The topological polar surface area (TPSA) is 80.9 Å². The van der Waals surface area contributed by atoms with Crippen LogP contribution in [0, 0.1) is 34.8 Å². The number of rotatable bonds is 6. The van der Waals surface area contributed by atoms with E-state index in [0.717, 1.165) is 62.8 Å². The summed E-state index contributed by atoms with van der Waals surface area (Å²) in [5, 5.41) is 43.0. The highest BCUT2D eigenvalue weighted by Crippen LogP contribution is 2.42. The molecule has 0 aliphatic rings. The van der Waals surface area contributed by atoms with Gasteiger partial charge in [0, 0.05) is 17.3 Å². The van der Waals surface area contributed by atoms with Crippen LogP contribution in [-0.4, -0.2) is 20.4 Å². The molecule has 0 aliphatic carbocycles. The second-order valence-electron chi connectivity index (χ2n) is 12.3. The van der Waals surface area contributed by atoms with Gasteiger partial charge in [-0.05, 0) is 141 Å². The predicted molar refractivity (Wildman–Crippen MR) is 184 cm³/mol. The Kier molecular flexibility index (Phi) is 8.69. The van der Waals surface area contributed by atoms with Gasteiger partial charge in [0.25, 0.3) is 0 Å². The molecule has 0 bridgehead atoms. The molecule has 0 spiro atoms. The molecule has 0 amide bonds. The summed E-state index contributed by atoms with van der Waals surface area (Å²) >= 11 is 4.33. The number of phenols is 4. The second kappa shape index (κ2) is 11.3. The first-order valence-corrected chi connectivity index (χ1v) is 15.8. The fourth-order valence-corrected chi connectivity index (χ4v) is 6.95. The molecule has 4 aromatic carbocycles. The fourth-order valence-electron chi connectivity index (χ4n) is 5.43. The molecule has 6 heteroatoms. The SMILES string of the molecule is Cc1cc(C(C)(C)c2cc(C)c(O)c(Cc3cc(C(C)(C)c4cc(C)c(O)c(I)c4)cc(C)c3O)c2)cc(I)c1O. The van der Waals surface area contributed by atoms with Crippen molar-refractivity contribution < 1.29 is 20.4 Å². The van der Waals surface area contributed by atoms with E-state index in [0.29, 0.717) is 17.9 Å². The largest absolute Gasteiger partial charge is 0.507 e. The molecular weight excluding hydrogens is 738 g/mol. The summed E-state index contributed by atoms with van der Waals surface area (Å²) in [6.45, 7) is 16.2. The molecule has 4 rings (SSSR count). The van der Waals surface area contributed by atoms with Crippen LogP contribution in [0.1, 0.15) is 83.3 Å². The van der Waals surface area contributed by atoms with Gasteiger partial charge in [-0.15, -0.1) is 0 Å². The van der Waals surface area contributed by atoms with Gasteiger partial charge in [0.15, 0.2) is 0 Å². The highest BCUT2D eigenvalue weighted by atomic mass is 127. The summed E-state index contributed by atoms with van der Waals surface area (Å²) in [7, 11) is 0. The molecule has 0 radical (unpaired) electrons. The lowest BCUT2D eigenvalue weighted by Gasteiger charge is -2.29. The fraction of sp³-hybridized carbons (Fsp3) is 0.314. The van der Waals surface area contributed by atoms with Crippen molar-refractivity contribution in [1.29, 1.82) is 0 Å². The van der Waals surface area contributed by atoms with Crippen molar-refractivity contribution in [3.8, 4) is 23.0 Å². The van der Waals surface area contributed by atoms with Gasteiger partial charge in [0.05, 0.1) is 7.14 Å². The minimum absolute atomic E-state index is 0.228. The zero-order valence-corrected chi connectivity index (χ0v) is 29.2. The Morgan fingerprint density at radius 1 is 0.463 bits per heavy atom. The maximum atomic E-state index is 11.2. The average molecular weight is 776 g/mol. The average Bonchev–Trinajstić information content (AvgIpc) is 2.89. The van der Waals surface area contributed by atoms with E-state index in [4.69, 9.17) is 0 Å². The lowest BCUT2D eigenvalue weighted by atomic mass is 9.75. The van der Waals surface area contributed by atoms with Gasteiger partial charge in [-0.2, -0.15) is 0 Å². The minimum Gasteiger partial charge on any atom is -0.507 e. The number of hydrogen-bond acceptors (Lipinski definition) is 4. The maximum absolute atomic E-state index is 11.2. The molecule has 4 aromatic rings. The first-order chi connectivity index (χ1) is 18.9. The number of phenolic OH excluding ortho intramolecular Hbond substituents is 4. The molecule has 0 aliphatic heterocycles. The van der Waals surface area contributed by atoms with Crippen LogP contribution >= 0.6 is 45.2 Å². The van der Waals surface area contributed by atoms with Gasteiger partial charge in [0.2, 0.25) is 0 Å². The van der Waals surface area contributed by atoms with Crippen molar-refractivity contribution in [2.24, 2.45) is 0 Å². The Morgan fingerprint density at radius 2 is 0.732 bits per heavy atom. The Balaban J connectivity index is 1.80. The van der Waals surface area contributed by atoms with E-state index in [2.05, 4.69) is 72.9 Å². The lowest BCUT2D eigenvalue weighted by Crippen LogP contribution is -2.20. The summed E-state index contributed by atoms with van der Waals surface area (Å²) in [6, 6.07) is 16.2. The molecule has 0 saturated carbocycles. The monoisotopic (exact) mass is 776 g/mol. The number of aromatic hydroxyl groups is 4. The molecule has 41 heavy (non-hydrogen) atoms. The third-order valence-electron chi connectivity index (χ3n) is 8.53. The van der Waals surface area contributed by atoms with Crippen molar-refractivity contribution in [3.63, 3.8) is 0 Å². The molecular formula is C35H38I2O4. The molecule has 0 heterocycles. The van der Waals surface area contributed by atoms with Crippen LogP contribution in [0.15, 0.2) is 48.5 Å². The van der Waals surface area contributed by atoms with E-state index >= 15 is 0 Å². The van der Waals surface area contributed by atoms with Crippen molar-refractivity contribution >= 4 is 45.2 Å². The Hall–Kier alpha value is -2.46. The maximum Gasteiger partial charge on any atom is 0.131 e. The van der Waals surface area contributed by atoms with E-state index < -0.39 is 0 Å². The van der Waals surface area contributed by atoms with Crippen molar-refractivity contribution in [2.75, 3.05) is 0 Å². The predicted octanol–water partition coefficient (Wildman–Crippen LogP) is 9.19. The smallest absolute Gasteiger partial charge is 0.131 e. The number of benzene rings is 4. The summed E-state index contributed by atoms with van der Waals surface area (Å²) in [5.41, 5.74) is 8.18. The van der Waals surface area contributed by atoms with Gasteiger partial charge in [-0.3, -0.25) is 0 Å². The third-order valence-corrected chi connectivity index (χ3v) is 10.2. The third kappa shape index (κ3) is 5.91. The Morgan fingerprint density at radius 3 is 1.02 bits per heavy atom. The molecule has 4 nitrogen and oxygen atoms in total. The van der Waals surface area contributed by atoms with Crippen LogP contribution in [0.2, 0.25) is 0 Å². The zero-order valence-electron chi connectivity index (χ0n) is 24.9. The molecule has 0 unspecified atom stereocenters. The van der Waals surface area contributed by atoms with E-state index in [-0.39, 0.29) is 22.3 Å². The van der Waals surface area contributed by atoms with E-state index in [1.54, 1.807) is 0 Å². The molecule has 0 fully saturated rings. The van der Waals surface area contributed by atoms with Crippen molar-refractivity contribution in [3.05, 3.63) is 111 Å². The van der Waals surface area contributed by atoms with Crippen LogP contribution in [0.25, 0.3) is 0 Å². The first-order valence-electron chi connectivity index (χ1n) is 13.6. The molecule has 4 N–H and O–H groups in total. The summed E-state index contributed by atoms with van der Waals surface area (Å²) in [6.07, 6.45) is 0.367. The number of hydrogen-bond donors (Lipinski definition) is 4.